The molecule has 0 fully saturated rings. The molecule has 2 heteroatoms. The maximum absolute atomic E-state index is 11.3. The Morgan fingerprint density at radius 2 is 2.00 bits per heavy atom. The van der Waals surface area contributed by atoms with Crippen molar-refractivity contribution in [3.63, 3.8) is 0 Å². The quantitative estimate of drug-likeness (QED) is 0.434. The summed E-state index contributed by atoms with van der Waals surface area (Å²) in [7, 11) is 0. The van der Waals surface area contributed by atoms with E-state index in [4.69, 9.17) is 11.6 Å². The Bertz CT molecular complexity index is 381. The van der Waals surface area contributed by atoms with Crippen LogP contribution in [0.4, 0.5) is 0 Å². The number of rotatable bonds is 3. The Kier molecular flexibility index (Phi) is 4.93. The molecule has 0 saturated heterocycles. The smallest absolute Gasteiger partial charge is 0.162 e. The van der Waals surface area contributed by atoms with Gasteiger partial charge in [-0.25, -0.2) is 0 Å². The molecule has 0 bridgehead atoms. The van der Waals surface area contributed by atoms with Crippen molar-refractivity contribution in [1.82, 2.24) is 0 Å². The van der Waals surface area contributed by atoms with Gasteiger partial charge in [-0.15, -0.1) is 11.6 Å². The van der Waals surface area contributed by atoms with Crippen molar-refractivity contribution in [3.05, 3.63) is 35.4 Å². The second kappa shape index (κ2) is 6.27. The van der Waals surface area contributed by atoms with Crippen LogP contribution < -0.4 is 0 Å². The average Bonchev–Trinajstić information content (AvgIpc) is 2.29. The highest BCUT2D eigenvalue weighted by Gasteiger charge is 2.00. The lowest BCUT2D eigenvalue weighted by molar-refractivity contribution is 0.0988. The molecule has 1 rings (SSSR count). The monoisotopic (exact) mass is 220 g/mol. The molecule has 15 heavy (non-hydrogen) atoms. The lowest BCUT2D eigenvalue weighted by atomic mass is 10.1. The first kappa shape index (κ1) is 11.8. The van der Waals surface area contributed by atoms with Gasteiger partial charge in [-0.05, 0) is 12.1 Å². The zero-order chi connectivity index (χ0) is 11.1. The van der Waals surface area contributed by atoms with Gasteiger partial charge in [0, 0.05) is 29.8 Å². The van der Waals surface area contributed by atoms with Crippen LogP contribution in [0.3, 0.4) is 0 Å². The second-order valence-electron chi connectivity index (χ2n) is 3.09. The first-order valence-electron chi connectivity index (χ1n) is 4.96. The molecule has 0 saturated carbocycles. The first-order valence-corrected chi connectivity index (χ1v) is 5.49. The molecule has 0 aliphatic carbocycles. The maximum Gasteiger partial charge on any atom is 0.162 e. The van der Waals surface area contributed by atoms with Crippen LogP contribution in [0.5, 0.6) is 0 Å². The molecular weight excluding hydrogens is 208 g/mol. The number of ketones is 1. The van der Waals surface area contributed by atoms with Gasteiger partial charge < -0.3 is 0 Å². The van der Waals surface area contributed by atoms with Crippen LogP contribution in [0.1, 0.15) is 35.7 Å². The van der Waals surface area contributed by atoms with E-state index in [0.717, 1.165) is 11.1 Å². The lowest BCUT2D eigenvalue weighted by Crippen LogP contribution is -1.95. The van der Waals surface area contributed by atoms with Crippen molar-refractivity contribution in [2.75, 3.05) is 5.88 Å². The summed E-state index contributed by atoms with van der Waals surface area (Å²) in [6, 6.07) is 7.36. The number of carbonyl (C=O) groups excluding carboxylic acids is 1. The van der Waals surface area contributed by atoms with E-state index in [1.54, 1.807) is 0 Å². The van der Waals surface area contributed by atoms with Gasteiger partial charge in [0.2, 0.25) is 0 Å². The van der Waals surface area contributed by atoms with Crippen LogP contribution in [-0.2, 0) is 0 Å². The summed E-state index contributed by atoms with van der Waals surface area (Å²) in [5, 5.41) is 0. The number of benzene rings is 1. The molecule has 1 aromatic carbocycles. The molecule has 0 aliphatic heterocycles. The predicted octanol–water partition coefficient (Wildman–Crippen LogP) is 3.26. The number of hydrogen-bond donors (Lipinski definition) is 0. The highest BCUT2D eigenvalue weighted by molar-refractivity contribution is 6.18. The molecule has 0 unspecified atom stereocenters. The van der Waals surface area contributed by atoms with E-state index < -0.39 is 0 Å². The third kappa shape index (κ3) is 3.77. The number of carbonyl (C=O) groups is 1. The SMILES string of the molecule is CCC(=O)c1ccc(C#CCCCl)cc1. The van der Waals surface area contributed by atoms with Crippen LogP contribution in [0.2, 0.25) is 0 Å². The van der Waals surface area contributed by atoms with Crippen molar-refractivity contribution >= 4 is 17.4 Å². The summed E-state index contributed by atoms with van der Waals surface area (Å²) < 4.78 is 0. The Morgan fingerprint density at radius 3 is 2.53 bits per heavy atom. The van der Waals surface area contributed by atoms with Gasteiger partial charge in [0.05, 0.1) is 0 Å². The fraction of sp³-hybridized carbons (Fsp3) is 0.308. The number of halogens is 1. The lowest BCUT2D eigenvalue weighted by Gasteiger charge is -1.96. The molecule has 0 amide bonds. The summed E-state index contributed by atoms with van der Waals surface area (Å²) in [5.41, 5.74) is 1.67. The highest BCUT2D eigenvalue weighted by atomic mass is 35.5. The molecule has 0 atom stereocenters. The standard InChI is InChI=1S/C13H13ClO/c1-2-13(15)12-8-6-11(7-9-12)5-3-4-10-14/h6-9H,2,4,10H2,1H3. The van der Waals surface area contributed by atoms with Gasteiger partial charge in [-0.1, -0.05) is 30.9 Å². The third-order valence-electron chi connectivity index (χ3n) is 1.98. The largest absolute Gasteiger partial charge is 0.294 e. The summed E-state index contributed by atoms with van der Waals surface area (Å²) >= 11 is 5.51. The molecule has 0 aromatic heterocycles. The summed E-state index contributed by atoms with van der Waals surface area (Å²) in [4.78, 5) is 11.3. The van der Waals surface area contributed by atoms with Gasteiger partial charge in [-0.2, -0.15) is 0 Å². The zero-order valence-electron chi connectivity index (χ0n) is 8.72. The van der Waals surface area contributed by atoms with Crippen molar-refractivity contribution in [2.24, 2.45) is 0 Å². The van der Waals surface area contributed by atoms with Crippen LogP contribution in [0.25, 0.3) is 0 Å². The molecule has 78 valence electrons. The van der Waals surface area contributed by atoms with Crippen molar-refractivity contribution in [1.29, 1.82) is 0 Å². The zero-order valence-corrected chi connectivity index (χ0v) is 9.47. The Balaban J connectivity index is 2.73. The van der Waals surface area contributed by atoms with Gasteiger partial charge in [0.25, 0.3) is 0 Å². The summed E-state index contributed by atoms with van der Waals surface area (Å²) in [6.07, 6.45) is 1.23. The van der Waals surface area contributed by atoms with E-state index in [-0.39, 0.29) is 5.78 Å². The highest BCUT2D eigenvalue weighted by Crippen LogP contribution is 2.05. The number of alkyl halides is 1. The molecule has 1 nitrogen and oxygen atoms in total. The van der Waals surface area contributed by atoms with Crippen molar-refractivity contribution < 1.29 is 4.79 Å². The molecule has 0 N–H and O–H groups in total. The minimum absolute atomic E-state index is 0.162. The maximum atomic E-state index is 11.3. The van der Waals surface area contributed by atoms with E-state index in [1.807, 2.05) is 31.2 Å². The number of hydrogen-bond acceptors (Lipinski definition) is 1. The van der Waals surface area contributed by atoms with Crippen LogP contribution in [0, 0.1) is 11.8 Å². The average molecular weight is 221 g/mol. The molecule has 1 aromatic rings. The molecular formula is C13H13ClO. The van der Waals surface area contributed by atoms with E-state index in [9.17, 15) is 4.79 Å². The van der Waals surface area contributed by atoms with Gasteiger partial charge >= 0.3 is 0 Å². The van der Waals surface area contributed by atoms with E-state index in [1.165, 1.54) is 0 Å². The van der Waals surface area contributed by atoms with E-state index >= 15 is 0 Å². The van der Waals surface area contributed by atoms with Crippen LogP contribution in [-0.4, -0.2) is 11.7 Å². The normalized spacial score (nSPS) is 9.20. The third-order valence-corrected chi connectivity index (χ3v) is 2.17. The predicted molar refractivity (Wildman–Crippen MR) is 63.3 cm³/mol. The molecule has 0 heterocycles. The van der Waals surface area contributed by atoms with Crippen LogP contribution in [0.15, 0.2) is 24.3 Å². The van der Waals surface area contributed by atoms with Crippen LogP contribution >= 0.6 is 11.6 Å². The first-order chi connectivity index (χ1) is 7.27. The summed E-state index contributed by atoms with van der Waals surface area (Å²) in [5.74, 6) is 6.65. The topological polar surface area (TPSA) is 17.1 Å². The fourth-order valence-corrected chi connectivity index (χ4v) is 1.25. The Labute approximate surface area is 95.5 Å². The molecule has 0 radical (unpaired) electrons. The molecule has 0 spiro atoms. The van der Waals surface area contributed by atoms with E-state index in [0.29, 0.717) is 18.7 Å². The van der Waals surface area contributed by atoms with Crippen molar-refractivity contribution in [3.8, 4) is 11.8 Å². The Morgan fingerprint density at radius 1 is 1.33 bits per heavy atom. The minimum Gasteiger partial charge on any atom is -0.294 e. The minimum atomic E-state index is 0.162. The van der Waals surface area contributed by atoms with E-state index in [2.05, 4.69) is 11.8 Å². The van der Waals surface area contributed by atoms with Gasteiger partial charge in [0.1, 0.15) is 0 Å². The van der Waals surface area contributed by atoms with Crippen molar-refractivity contribution in [2.45, 2.75) is 19.8 Å². The summed E-state index contributed by atoms with van der Waals surface area (Å²) in [6.45, 7) is 1.86. The van der Waals surface area contributed by atoms with Gasteiger partial charge in [-0.3, -0.25) is 4.79 Å². The van der Waals surface area contributed by atoms with Gasteiger partial charge in [0.15, 0.2) is 5.78 Å². The number of Topliss-reactive ketones (excluding diaryl/α,β-unsaturated/α-hetero) is 1. The second-order valence-corrected chi connectivity index (χ2v) is 3.47. The molecule has 0 aliphatic rings. The Hall–Kier alpha value is -1.26. The fourth-order valence-electron chi connectivity index (χ4n) is 1.16.